The number of halogens is 1. The van der Waals surface area contributed by atoms with Crippen molar-refractivity contribution in [3.05, 3.63) is 65.5 Å². The highest BCUT2D eigenvalue weighted by atomic mass is 19.1. The predicted molar refractivity (Wildman–Crippen MR) is 106 cm³/mol. The lowest BCUT2D eigenvalue weighted by Crippen LogP contribution is -2.32. The Kier molecular flexibility index (Phi) is 5.19. The number of benzene rings is 2. The van der Waals surface area contributed by atoms with E-state index in [0.29, 0.717) is 5.56 Å². The number of imide groups is 1. The van der Waals surface area contributed by atoms with Gasteiger partial charge >= 0.3 is 6.03 Å². The van der Waals surface area contributed by atoms with Crippen LogP contribution in [0.15, 0.2) is 53.5 Å². The van der Waals surface area contributed by atoms with Crippen LogP contribution in [0, 0.1) is 5.82 Å². The van der Waals surface area contributed by atoms with Crippen molar-refractivity contribution in [3.8, 4) is 0 Å². The SMILES string of the molecule is O=C1N=C(Cc2ccc(N3CCCCC3)cc2F)C(=O)N1Cc1ccccc1. The lowest BCUT2D eigenvalue weighted by Gasteiger charge is -2.29. The van der Waals surface area contributed by atoms with Gasteiger partial charge in [0.1, 0.15) is 11.5 Å². The van der Waals surface area contributed by atoms with Gasteiger partial charge in [-0.2, -0.15) is 4.99 Å². The summed E-state index contributed by atoms with van der Waals surface area (Å²) in [7, 11) is 0. The van der Waals surface area contributed by atoms with Crippen molar-refractivity contribution in [3.63, 3.8) is 0 Å². The number of rotatable bonds is 5. The zero-order valence-electron chi connectivity index (χ0n) is 15.6. The van der Waals surface area contributed by atoms with E-state index < -0.39 is 11.9 Å². The molecule has 5 nitrogen and oxygen atoms in total. The summed E-state index contributed by atoms with van der Waals surface area (Å²) in [6, 6.07) is 13.8. The Labute approximate surface area is 163 Å². The van der Waals surface area contributed by atoms with Gasteiger partial charge in [-0.1, -0.05) is 36.4 Å². The minimum atomic E-state index is -0.589. The third kappa shape index (κ3) is 3.81. The molecular weight excluding hydrogens is 357 g/mol. The van der Waals surface area contributed by atoms with E-state index in [0.717, 1.165) is 42.1 Å². The van der Waals surface area contributed by atoms with Crippen molar-refractivity contribution in [2.24, 2.45) is 4.99 Å². The van der Waals surface area contributed by atoms with Crippen LogP contribution >= 0.6 is 0 Å². The highest BCUT2D eigenvalue weighted by Gasteiger charge is 2.33. The lowest BCUT2D eigenvalue weighted by atomic mass is 10.0. The lowest BCUT2D eigenvalue weighted by molar-refractivity contribution is -0.121. The molecule has 1 saturated heterocycles. The number of hydrogen-bond acceptors (Lipinski definition) is 3. The third-order valence-electron chi connectivity index (χ3n) is 5.25. The molecule has 0 bridgehead atoms. The second-order valence-electron chi connectivity index (χ2n) is 7.22. The Morgan fingerprint density at radius 3 is 2.43 bits per heavy atom. The van der Waals surface area contributed by atoms with E-state index in [1.165, 1.54) is 12.5 Å². The molecule has 3 amide bonds. The molecule has 144 valence electrons. The maximum atomic E-state index is 14.6. The fourth-order valence-corrected chi connectivity index (χ4v) is 3.70. The van der Waals surface area contributed by atoms with E-state index in [1.807, 2.05) is 36.4 Å². The molecule has 0 aliphatic carbocycles. The molecule has 2 aromatic rings. The minimum absolute atomic E-state index is 0.0158. The Morgan fingerprint density at radius 1 is 0.964 bits per heavy atom. The summed E-state index contributed by atoms with van der Waals surface area (Å²) in [4.78, 5) is 31.9. The van der Waals surface area contributed by atoms with Crippen LogP contribution < -0.4 is 4.90 Å². The maximum absolute atomic E-state index is 14.6. The zero-order chi connectivity index (χ0) is 19.5. The molecule has 0 spiro atoms. The van der Waals surface area contributed by atoms with E-state index >= 15 is 0 Å². The summed E-state index contributed by atoms with van der Waals surface area (Å²) in [5.74, 6) is -0.819. The first-order valence-corrected chi connectivity index (χ1v) is 9.62. The molecule has 1 fully saturated rings. The predicted octanol–water partition coefficient (Wildman–Crippen LogP) is 3.96. The van der Waals surface area contributed by atoms with Crippen LogP contribution in [0.5, 0.6) is 0 Å². The molecule has 0 atom stereocenters. The van der Waals surface area contributed by atoms with Crippen LogP contribution in [0.3, 0.4) is 0 Å². The number of anilines is 1. The van der Waals surface area contributed by atoms with Crippen molar-refractivity contribution in [1.29, 1.82) is 0 Å². The number of carbonyl (C=O) groups is 2. The van der Waals surface area contributed by atoms with Crippen LogP contribution in [0.4, 0.5) is 14.9 Å². The maximum Gasteiger partial charge on any atom is 0.351 e. The molecule has 2 aliphatic heterocycles. The fraction of sp³-hybridized carbons (Fsp3) is 0.318. The van der Waals surface area contributed by atoms with Gasteiger partial charge in [-0.3, -0.25) is 9.69 Å². The molecule has 0 saturated carbocycles. The van der Waals surface area contributed by atoms with Crippen molar-refractivity contribution < 1.29 is 14.0 Å². The average molecular weight is 379 g/mol. The summed E-state index contributed by atoms with van der Waals surface area (Å²) in [6.45, 7) is 2.04. The first kappa shape index (κ1) is 18.3. The monoisotopic (exact) mass is 379 g/mol. The summed E-state index contributed by atoms with van der Waals surface area (Å²) in [6.07, 6.45) is 3.47. The Balaban J connectivity index is 1.46. The van der Waals surface area contributed by atoms with Crippen LogP contribution in [-0.2, 0) is 17.8 Å². The van der Waals surface area contributed by atoms with Gasteiger partial charge in [0.15, 0.2) is 0 Å². The number of aliphatic imine (C=N–C) groups is 1. The van der Waals surface area contributed by atoms with Gasteiger partial charge < -0.3 is 4.90 Å². The standard InChI is InChI=1S/C22H22FN3O2/c23-19-14-18(25-11-5-2-6-12-25)10-9-17(19)13-20-21(27)26(22(28)24-20)15-16-7-3-1-4-8-16/h1,3-4,7-10,14H,2,5-6,11-13,15H2. The van der Waals surface area contributed by atoms with Gasteiger partial charge in [0.05, 0.1) is 6.54 Å². The number of piperidine rings is 1. The van der Waals surface area contributed by atoms with Crippen molar-refractivity contribution >= 4 is 23.3 Å². The number of hydrogen-bond donors (Lipinski definition) is 0. The van der Waals surface area contributed by atoms with E-state index in [9.17, 15) is 14.0 Å². The van der Waals surface area contributed by atoms with Gasteiger partial charge in [0.2, 0.25) is 0 Å². The topological polar surface area (TPSA) is 53.0 Å². The molecule has 0 unspecified atom stereocenters. The Morgan fingerprint density at radius 2 is 1.71 bits per heavy atom. The van der Waals surface area contributed by atoms with Crippen molar-refractivity contribution in [1.82, 2.24) is 4.90 Å². The van der Waals surface area contributed by atoms with Crippen LogP contribution in [0.1, 0.15) is 30.4 Å². The normalized spacial score (nSPS) is 17.2. The van der Waals surface area contributed by atoms with Crippen LogP contribution in [-0.4, -0.2) is 35.6 Å². The third-order valence-corrected chi connectivity index (χ3v) is 5.25. The molecule has 0 aromatic heterocycles. The quantitative estimate of drug-likeness (QED) is 0.790. The van der Waals surface area contributed by atoms with Gasteiger partial charge in [0, 0.05) is 25.2 Å². The van der Waals surface area contributed by atoms with E-state index in [-0.39, 0.29) is 24.5 Å². The Bertz CT molecular complexity index is 921. The van der Waals surface area contributed by atoms with Gasteiger partial charge in [0.25, 0.3) is 5.91 Å². The second-order valence-corrected chi connectivity index (χ2v) is 7.22. The van der Waals surface area contributed by atoms with E-state index in [4.69, 9.17) is 0 Å². The molecule has 4 rings (SSSR count). The average Bonchev–Trinajstić information content (AvgIpc) is 2.98. The first-order chi connectivity index (χ1) is 13.6. The summed E-state index contributed by atoms with van der Waals surface area (Å²) in [5, 5.41) is 0. The summed E-state index contributed by atoms with van der Waals surface area (Å²) < 4.78 is 14.6. The molecule has 2 aromatic carbocycles. The first-order valence-electron chi connectivity index (χ1n) is 9.62. The second kappa shape index (κ2) is 7.92. The van der Waals surface area contributed by atoms with E-state index in [2.05, 4.69) is 9.89 Å². The number of carbonyl (C=O) groups excluding carboxylic acids is 2. The highest BCUT2D eigenvalue weighted by Crippen LogP contribution is 2.24. The molecule has 0 radical (unpaired) electrons. The van der Waals surface area contributed by atoms with Crippen molar-refractivity contribution in [2.45, 2.75) is 32.2 Å². The highest BCUT2D eigenvalue weighted by molar-refractivity contribution is 6.46. The summed E-state index contributed by atoms with van der Waals surface area (Å²) in [5.41, 5.74) is 2.17. The fourth-order valence-electron chi connectivity index (χ4n) is 3.70. The van der Waals surface area contributed by atoms with Crippen LogP contribution in [0.2, 0.25) is 0 Å². The largest absolute Gasteiger partial charge is 0.371 e. The molecular formula is C22H22FN3O2. The number of urea groups is 1. The molecule has 28 heavy (non-hydrogen) atoms. The van der Waals surface area contributed by atoms with E-state index in [1.54, 1.807) is 6.07 Å². The minimum Gasteiger partial charge on any atom is -0.371 e. The molecule has 2 aliphatic rings. The molecule has 0 N–H and O–H groups in total. The van der Waals surface area contributed by atoms with Gasteiger partial charge in [-0.05, 0) is 42.5 Å². The smallest absolute Gasteiger partial charge is 0.351 e. The number of nitrogens with zero attached hydrogens (tertiary/aromatic N) is 3. The van der Waals surface area contributed by atoms with Gasteiger partial charge in [-0.15, -0.1) is 0 Å². The van der Waals surface area contributed by atoms with Crippen LogP contribution in [0.25, 0.3) is 0 Å². The Hall–Kier alpha value is -3.02. The van der Waals surface area contributed by atoms with Crippen molar-refractivity contribution in [2.75, 3.05) is 18.0 Å². The molecule has 2 heterocycles. The number of amides is 3. The zero-order valence-corrected chi connectivity index (χ0v) is 15.6. The molecule has 6 heteroatoms. The van der Waals surface area contributed by atoms with Gasteiger partial charge in [-0.25, -0.2) is 9.18 Å². The summed E-state index contributed by atoms with van der Waals surface area (Å²) >= 11 is 0.